The van der Waals surface area contributed by atoms with Gasteiger partial charge in [-0.05, 0) is 49.5 Å². The van der Waals surface area contributed by atoms with Gasteiger partial charge in [0.05, 0.1) is 0 Å². The lowest BCUT2D eigenvalue weighted by Gasteiger charge is -2.45. The fraction of sp³-hybridized carbons (Fsp3) is 1.00. The van der Waals surface area contributed by atoms with Crippen molar-refractivity contribution in [3.05, 3.63) is 0 Å². The summed E-state index contributed by atoms with van der Waals surface area (Å²) in [7, 11) is 0. The van der Waals surface area contributed by atoms with Gasteiger partial charge in [0.25, 0.3) is 0 Å². The van der Waals surface area contributed by atoms with Crippen molar-refractivity contribution in [3.8, 4) is 0 Å². The van der Waals surface area contributed by atoms with Crippen LogP contribution in [-0.4, -0.2) is 6.54 Å². The van der Waals surface area contributed by atoms with E-state index in [9.17, 15) is 0 Å². The molecule has 2 saturated carbocycles. The van der Waals surface area contributed by atoms with Crippen molar-refractivity contribution in [2.45, 2.75) is 64.7 Å². The monoisotopic (exact) mass is 209 g/mol. The summed E-state index contributed by atoms with van der Waals surface area (Å²) in [4.78, 5) is 0. The van der Waals surface area contributed by atoms with Gasteiger partial charge in [0.15, 0.2) is 0 Å². The Morgan fingerprint density at radius 2 is 1.60 bits per heavy atom. The second-order valence-electron chi connectivity index (χ2n) is 6.08. The van der Waals surface area contributed by atoms with E-state index in [0.717, 1.165) is 18.4 Å². The first kappa shape index (κ1) is 11.4. The number of rotatable bonds is 2. The third kappa shape index (κ3) is 2.38. The van der Waals surface area contributed by atoms with E-state index in [1.165, 1.54) is 57.8 Å². The number of hydrogen-bond acceptors (Lipinski definition) is 1. The molecule has 2 N–H and O–H groups in total. The molecule has 2 aliphatic rings. The minimum atomic E-state index is 0.554. The molecule has 0 amide bonds. The number of nitrogens with two attached hydrogens (primary N) is 1. The molecule has 0 radical (unpaired) electrons. The highest BCUT2D eigenvalue weighted by Crippen LogP contribution is 2.48. The van der Waals surface area contributed by atoms with Crippen LogP contribution in [0.15, 0.2) is 0 Å². The largest absolute Gasteiger partial charge is 0.330 e. The fourth-order valence-corrected chi connectivity index (χ4v) is 3.91. The predicted octanol–water partition coefficient (Wildman–Crippen LogP) is 3.72. The molecule has 2 aliphatic carbocycles. The van der Waals surface area contributed by atoms with E-state index in [1.807, 2.05) is 0 Å². The van der Waals surface area contributed by atoms with E-state index in [1.54, 1.807) is 0 Å². The SMILES string of the molecule is CC1CCC(C2(CN)CCCCC2)CC1. The third-order valence-corrected chi connectivity index (χ3v) is 5.14. The van der Waals surface area contributed by atoms with E-state index < -0.39 is 0 Å². The van der Waals surface area contributed by atoms with E-state index in [-0.39, 0.29) is 0 Å². The maximum atomic E-state index is 6.10. The standard InChI is InChI=1S/C14H27N/c1-12-5-7-13(8-6-12)14(11-15)9-3-2-4-10-14/h12-13H,2-11,15H2,1H3. The Kier molecular flexibility index (Phi) is 3.71. The van der Waals surface area contributed by atoms with Crippen molar-refractivity contribution >= 4 is 0 Å². The average Bonchev–Trinajstić information content (AvgIpc) is 2.31. The Labute approximate surface area is 94.8 Å². The van der Waals surface area contributed by atoms with Crippen molar-refractivity contribution in [3.63, 3.8) is 0 Å². The molecule has 15 heavy (non-hydrogen) atoms. The van der Waals surface area contributed by atoms with Gasteiger partial charge in [0.2, 0.25) is 0 Å². The van der Waals surface area contributed by atoms with Crippen molar-refractivity contribution in [1.29, 1.82) is 0 Å². The lowest BCUT2D eigenvalue weighted by Crippen LogP contribution is -2.41. The summed E-state index contributed by atoms with van der Waals surface area (Å²) in [6, 6.07) is 0. The van der Waals surface area contributed by atoms with Crippen LogP contribution < -0.4 is 5.73 Å². The molecular formula is C14H27N. The predicted molar refractivity (Wildman–Crippen MR) is 65.7 cm³/mol. The molecule has 1 heteroatoms. The molecule has 0 heterocycles. The molecule has 0 aliphatic heterocycles. The Balaban J connectivity index is 1.98. The van der Waals surface area contributed by atoms with E-state index >= 15 is 0 Å². The second-order valence-corrected chi connectivity index (χ2v) is 6.08. The first-order valence-electron chi connectivity index (χ1n) is 6.97. The van der Waals surface area contributed by atoms with Crippen molar-refractivity contribution in [2.24, 2.45) is 23.0 Å². The van der Waals surface area contributed by atoms with Gasteiger partial charge in [-0.1, -0.05) is 39.0 Å². The van der Waals surface area contributed by atoms with Crippen LogP contribution in [0.4, 0.5) is 0 Å². The van der Waals surface area contributed by atoms with Crippen LogP contribution in [0.2, 0.25) is 0 Å². The van der Waals surface area contributed by atoms with Gasteiger partial charge in [-0.25, -0.2) is 0 Å². The van der Waals surface area contributed by atoms with Crippen LogP contribution in [0.25, 0.3) is 0 Å². The molecule has 2 rings (SSSR count). The Morgan fingerprint density at radius 1 is 1.00 bits per heavy atom. The zero-order valence-corrected chi connectivity index (χ0v) is 10.3. The quantitative estimate of drug-likeness (QED) is 0.737. The summed E-state index contributed by atoms with van der Waals surface area (Å²) in [5.41, 5.74) is 6.66. The van der Waals surface area contributed by atoms with Gasteiger partial charge < -0.3 is 5.73 Å². The van der Waals surface area contributed by atoms with E-state index in [2.05, 4.69) is 6.92 Å². The highest BCUT2D eigenvalue weighted by atomic mass is 14.6. The third-order valence-electron chi connectivity index (χ3n) is 5.14. The molecule has 0 unspecified atom stereocenters. The Bertz CT molecular complexity index is 186. The first-order chi connectivity index (χ1) is 7.27. The molecule has 0 aromatic rings. The van der Waals surface area contributed by atoms with Gasteiger partial charge in [0.1, 0.15) is 0 Å². The van der Waals surface area contributed by atoms with Crippen molar-refractivity contribution in [1.82, 2.24) is 0 Å². The molecule has 1 nitrogen and oxygen atoms in total. The van der Waals surface area contributed by atoms with Crippen LogP contribution in [0, 0.1) is 17.3 Å². The van der Waals surface area contributed by atoms with Crippen LogP contribution in [0.3, 0.4) is 0 Å². The minimum Gasteiger partial charge on any atom is -0.330 e. The molecule has 0 bridgehead atoms. The van der Waals surface area contributed by atoms with Gasteiger partial charge in [-0.15, -0.1) is 0 Å². The summed E-state index contributed by atoms with van der Waals surface area (Å²) in [5, 5.41) is 0. The van der Waals surface area contributed by atoms with E-state index in [0.29, 0.717) is 5.41 Å². The summed E-state index contributed by atoms with van der Waals surface area (Å²) in [6.07, 6.45) is 13.0. The first-order valence-corrected chi connectivity index (χ1v) is 6.97. The summed E-state index contributed by atoms with van der Waals surface area (Å²) in [6.45, 7) is 3.36. The summed E-state index contributed by atoms with van der Waals surface area (Å²) in [5.74, 6) is 1.93. The van der Waals surface area contributed by atoms with Crippen LogP contribution >= 0.6 is 0 Å². The highest BCUT2D eigenvalue weighted by Gasteiger charge is 2.39. The lowest BCUT2D eigenvalue weighted by molar-refractivity contribution is 0.0656. The summed E-state index contributed by atoms with van der Waals surface area (Å²) >= 11 is 0. The molecule has 0 atom stereocenters. The van der Waals surface area contributed by atoms with Crippen LogP contribution in [0.5, 0.6) is 0 Å². The maximum Gasteiger partial charge on any atom is -0.00179 e. The van der Waals surface area contributed by atoms with Crippen molar-refractivity contribution in [2.75, 3.05) is 6.54 Å². The molecule has 88 valence electrons. The Hall–Kier alpha value is -0.0400. The molecular weight excluding hydrogens is 182 g/mol. The van der Waals surface area contributed by atoms with Crippen molar-refractivity contribution < 1.29 is 0 Å². The Morgan fingerprint density at radius 3 is 2.13 bits per heavy atom. The average molecular weight is 209 g/mol. The maximum absolute atomic E-state index is 6.10. The normalized spacial score (nSPS) is 36.4. The minimum absolute atomic E-state index is 0.554. The van der Waals surface area contributed by atoms with Gasteiger partial charge in [-0.3, -0.25) is 0 Å². The lowest BCUT2D eigenvalue weighted by atomic mass is 9.61. The molecule has 2 fully saturated rings. The summed E-state index contributed by atoms with van der Waals surface area (Å²) < 4.78 is 0. The smallest absolute Gasteiger partial charge is 0.00179 e. The molecule has 0 saturated heterocycles. The molecule has 0 aromatic heterocycles. The fourth-order valence-electron chi connectivity index (χ4n) is 3.91. The second kappa shape index (κ2) is 4.86. The molecule has 0 spiro atoms. The highest BCUT2D eigenvalue weighted by molar-refractivity contribution is 4.91. The zero-order valence-electron chi connectivity index (χ0n) is 10.3. The number of hydrogen-bond donors (Lipinski definition) is 1. The van der Waals surface area contributed by atoms with Gasteiger partial charge in [0, 0.05) is 0 Å². The van der Waals surface area contributed by atoms with Crippen LogP contribution in [-0.2, 0) is 0 Å². The van der Waals surface area contributed by atoms with E-state index in [4.69, 9.17) is 5.73 Å². The van der Waals surface area contributed by atoms with Gasteiger partial charge >= 0.3 is 0 Å². The zero-order chi connectivity index (χ0) is 10.7. The topological polar surface area (TPSA) is 26.0 Å². The van der Waals surface area contributed by atoms with Crippen LogP contribution in [0.1, 0.15) is 64.7 Å². The van der Waals surface area contributed by atoms with Gasteiger partial charge in [-0.2, -0.15) is 0 Å². The molecule has 0 aromatic carbocycles.